The van der Waals surface area contributed by atoms with Crippen LogP contribution < -0.4 is 5.73 Å². The van der Waals surface area contributed by atoms with E-state index in [4.69, 9.17) is 5.73 Å². The van der Waals surface area contributed by atoms with Gasteiger partial charge in [-0.1, -0.05) is 42.5 Å². The van der Waals surface area contributed by atoms with E-state index < -0.39 is 29.7 Å². The average molecular weight is 405 g/mol. The second-order valence-corrected chi connectivity index (χ2v) is 7.76. The number of primary amides is 1. The Morgan fingerprint density at radius 1 is 0.967 bits per heavy atom. The van der Waals surface area contributed by atoms with Crippen molar-refractivity contribution in [1.29, 1.82) is 0 Å². The summed E-state index contributed by atoms with van der Waals surface area (Å²) in [6, 6.07) is 14.9. The Bertz CT molecular complexity index is 970. The fraction of sp³-hybridized carbons (Fsp3) is 0.304. The Morgan fingerprint density at radius 2 is 1.57 bits per heavy atom. The molecule has 2 atom stereocenters. The van der Waals surface area contributed by atoms with Gasteiger partial charge in [0.2, 0.25) is 11.8 Å². The van der Waals surface area contributed by atoms with Crippen molar-refractivity contribution in [3.63, 3.8) is 0 Å². The van der Waals surface area contributed by atoms with Gasteiger partial charge in [0.1, 0.15) is 6.04 Å². The lowest BCUT2D eigenvalue weighted by atomic mass is 9.95. The second-order valence-electron chi connectivity index (χ2n) is 7.76. The molecule has 4 amide bonds. The molecule has 2 N–H and O–H groups in total. The minimum absolute atomic E-state index is 0.211. The maximum absolute atomic E-state index is 13.5. The molecule has 1 saturated heterocycles. The number of piperidine rings is 1. The smallest absolute Gasteiger partial charge is 0.262 e. The Hall–Kier alpha value is -3.48. The van der Waals surface area contributed by atoms with Gasteiger partial charge in [0.15, 0.2) is 0 Å². The molecule has 0 spiro atoms. The first-order valence-electron chi connectivity index (χ1n) is 10.1. The summed E-state index contributed by atoms with van der Waals surface area (Å²) in [6.07, 6.45) is 1.50. The molecule has 0 radical (unpaired) electrons. The number of carbonyl (C=O) groups excluding carboxylic acids is 4. The molecule has 0 saturated carbocycles. The van der Waals surface area contributed by atoms with Gasteiger partial charge >= 0.3 is 0 Å². The minimum Gasteiger partial charge on any atom is -0.369 e. The molecule has 2 aliphatic rings. The van der Waals surface area contributed by atoms with Gasteiger partial charge in [-0.2, -0.15) is 0 Å². The van der Waals surface area contributed by atoms with E-state index in [2.05, 4.69) is 0 Å². The van der Waals surface area contributed by atoms with Crippen molar-refractivity contribution in [2.45, 2.75) is 25.3 Å². The zero-order valence-electron chi connectivity index (χ0n) is 16.5. The van der Waals surface area contributed by atoms with Gasteiger partial charge in [-0.05, 0) is 30.5 Å². The van der Waals surface area contributed by atoms with Crippen molar-refractivity contribution in [3.05, 3.63) is 71.3 Å². The molecule has 0 aliphatic carbocycles. The standard InChI is InChI=1S/C23H23N3O4/c24-20(27)16-9-6-12-25(14-16)23(30)19(13-15-7-2-1-3-8-15)26-21(28)17-10-4-5-11-18(17)22(26)29/h1-5,7-8,10-11,16,19H,6,9,12-14H2,(H2,24,27)/t16-,19+/m0/s1. The highest BCUT2D eigenvalue weighted by Crippen LogP contribution is 2.28. The molecule has 2 aromatic carbocycles. The highest BCUT2D eigenvalue weighted by Gasteiger charge is 2.44. The first-order chi connectivity index (χ1) is 14.5. The summed E-state index contributed by atoms with van der Waals surface area (Å²) in [7, 11) is 0. The van der Waals surface area contributed by atoms with Crippen LogP contribution in [0.1, 0.15) is 39.1 Å². The van der Waals surface area contributed by atoms with Gasteiger partial charge in [-0.3, -0.25) is 24.1 Å². The number of carbonyl (C=O) groups is 4. The Balaban J connectivity index is 1.67. The maximum Gasteiger partial charge on any atom is 0.262 e. The molecule has 2 aliphatic heterocycles. The van der Waals surface area contributed by atoms with Crippen LogP contribution in [0, 0.1) is 5.92 Å². The van der Waals surface area contributed by atoms with E-state index >= 15 is 0 Å². The zero-order chi connectivity index (χ0) is 21.3. The summed E-state index contributed by atoms with van der Waals surface area (Å²) in [5, 5.41) is 0. The molecule has 154 valence electrons. The maximum atomic E-state index is 13.5. The lowest BCUT2D eigenvalue weighted by Gasteiger charge is -2.36. The number of hydrogen-bond donors (Lipinski definition) is 1. The third kappa shape index (κ3) is 3.58. The van der Waals surface area contributed by atoms with Crippen LogP contribution in [-0.4, -0.2) is 52.6 Å². The largest absolute Gasteiger partial charge is 0.369 e. The van der Waals surface area contributed by atoms with Crippen LogP contribution in [0.15, 0.2) is 54.6 Å². The first-order valence-corrected chi connectivity index (χ1v) is 10.1. The molecule has 7 nitrogen and oxygen atoms in total. The second kappa shape index (κ2) is 8.10. The molecule has 0 aromatic heterocycles. The van der Waals surface area contributed by atoms with Crippen LogP contribution in [0.2, 0.25) is 0 Å². The summed E-state index contributed by atoms with van der Waals surface area (Å²) < 4.78 is 0. The number of imide groups is 1. The van der Waals surface area contributed by atoms with E-state index in [1.165, 1.54) is 0 Å². The van der Waals surface area contributed by atoms with E-state index in [-0.39, 0.29) is 18.9 Å². The van der Waals surface area contributed by atoms with Gasteiger partial charge in [0.25, 0.3) is 11.8 Å². The Morgan fingerprint density at radius 3 is 2.17 bits per heavy atom. The van der Waals surface area contributed by atoms with Crippen LogP contribution in [0.3, 0.4) is 0 Å². The quantitative estimate of drug-likeness (QED) is 0.764. The number of hydrogen-bond acceptors (Lipinski definition) is 4. The van der Waals surface area contributed by atoms with Gasteiger partial charge in [-0.25, -0.2) is 0 Å². The Labute approximate surface area is 174 Å². The molecule has 4 rings (SSSR count). The van der Waals surface area contributed by atoms with Crippen molar-refractivity contribution in [1.82, 2.24) is 9.80 Å². The number of amides is 4. The number of nitrogens with zero attached hydrogens (tertiary/aromatic N) is 2. The topological polar surface area (TPSA) is 101 Å². The molecule has 1 fully saturated rings. The van der Waals surface area contributed by atoms with Crippen molar-refractivity contribution in [2.75, 3.05) is 13.1 Å². The molecule has 0 bridgehead atoms. The fourth-order valence-electron chi connectivity index (χ4n) is 4.24. The summed E-state index contributed by atoms with van der Waals surface area (Å²) in [4.78, 5) is 53.9. The van der Waals surface area contributed by atoms with Gasteiger partial charge in [-0.15, -0.1) is 0 Å². The molecule has 30 heavy (non-hydrogen) atoms. The zero-order valence-corrected chi connectivity index (χ0v) is 16.5. The van der Waals surface area contributed by atoms with Crippen LogP contribution in [0.25, 0.3) is 0 Å². The predicted octanol–water partition coefficient (Wildman–Crippen LogP) is 1.62. The average Bonchev–Trinajstić information content (AvgIpc) is 3.03. The third-order valence-electron chi connectivity index (χ3n) is 5.83. The van der Waals surface area contributed by atoms with Crippen LogP contribution in [0.4, 0.5) is 0 Å². The number of benzene rings is 2. The van der Waals surface area contributed by atoms with Gasteiger partial charge in [0.05, 0.1) is 17.0 Å². The number of rotatable bonds is 5. The van der Waals surface area contributed by atoms with Crippen molar-refractivity contribution < 1.29 is 19.2 Å². The van der Waals surface area contributed by atoms with E-state index in [0.29, 0.717) is 30.5 Å². The van der Waals surface area contributed by atoms with E-state index in [1.807, 2.05) is 30.3 Å². The molecular weight excluding hydrogens is 382 g/mol. The number of nitrogens with two attached hydrogens (primary N) is 1. The summed E-state index contributed by atoms with van der Waals surface area (Å²) in [5.74, 6) is -2.11. The summed E-state index contributed by atoms with van der Waals surface area (Å²) >= 11 is 0. The molecule has 2 heterocycles. The van der Waals surface area contributed by atoms with Crippen molar-refractivity contribution in [2.24, 2.45) is 11.7 Å². The molecular formula is C23H23N3O4. The van der Waals surface area contributed by atoms with E-state index in [1.54, 1.807) is 29.2 Å². The molecule has 2 aromatic rings. The predicted molar refractivity (Wildman–Crippen MR) is 109 cm³/mol. The molecule has 0 unspecified atom stereocenters. The van der Waals surface area contributed by atoms with E-state index in [0.717, 1.165) is 10.5 Å². The normalized spacial score (nSPS) is 19.5. The Kier molecular flexibility index (Phi) is 5.35. The van der Waals surface area contributed by atoms with Crippen molar-refractivity contribution >= 4 is 23.6 Å². The van der Waals surface area contributed by atoms with Crippen LogP contribution >= 0.6 is 0 Å². The van der Waals surface area contributed by atoms with Gasteiger partial charge < -0.3 is 10.6 Å². The highest BCUT2D eigenvalue weighted by atomic mass is 16.2. The first kappa shape index (κ1) is 19.8. The van der Waals surface area contributed by atoms with Crippen molar-refractivity contribution in [3.8, 4) is 0 Å². The number of likely N-dealkylation sites (tertiary alicyclic amines) is 1. The fourth-order valence-corrected chi connectivity index (χ4v) is 4.24. The van der Waals surface area contributed by atoms with E-state index in [9.17, 15) is 19.2 Å². The summed E-state index contributed by atoms with van der Waals surface area (Å²) in [6.45, 7) is 0.680. The third-order valence-corrected chi connectivity index (χ3v) is 5.83. The van der Waals surface area contributed by atoms with Crippen LogP contribution in [-0.2, 0) is 16.0 Å². The lowest BCUT2D eigenvalue weighted by Crippen LogP contribution is -2.55. The molecule has 7 heteroatoms. The van der Waals surface area contributed by atoms with Crippen LogP contribution in [0.5, 0.6) is 0 Å². The lowest BCUT2D eigenvalue weighted by molar-refractivity contribution is -0.138. The minimum atomic E-state index is -0.980. The SMILES string of the molecule is NC(=O)[C@H]1CCCN(C(=O)[C@@H](Cc2ccccc2)N2C(=O)c3ccccc3C2=O)C1. The summed E-state index contributed by atoms with van der Waals surface area (Å²) in [5.41, 5.74) is 6.92. The van der Waals surface area contributed by atoms with Gasteiger partial charge in [0, 0.05) is 19.5 Å². The highest BCUT2D eigenvalue weighted by molar-refractivity contribution is 6.22. The number of fused-ring (bicyclic) bond motifs is 1. The monoisotopic (exact) mass is 405 g/mol.